The highest BCUT2D eigenvalue weighted by Gasteiger charge is 2.05. The monoisotopic (exact) mass is 230 g/mol. The van der Waals surface area contributed by atoms with Gasteiger partial charge in [-0.15, -0.1) is 11.6 Å². The van der Waals surface area contributed by atoms with Gasteiger partial charge in [-0.05, 0) is 16.7 Å². The maximum atomic E-state index is 10.5. The number of hydrogen-bond acceptors (Lipinski definition) is 1. The highest BCUT2D eigenvalue weighted by molar-refractivity contribution is 6.27. The van der Waals surface area contributed by atoms with Crippen LogP contribution in [0.25, 0.3) is 11.1 Å². The van der Waals surface area contributed by atoms with Gasteiger partial charge in [0.05, 0.1) is 0 Å². The Morgan fingerprint density at radius 3 is 2.00 bits per heavy atom. The highest BCUT2D eigenvalue weighted by Crippen LogP contribution is 2.23. The Hall–Kier alpha value is -1.60. The van der Waals surface area contributed by atoms with Gasteiger partial charge in [0.2, 0.25) is 0 Å². The Kier molecular flexibility index (Phi) is 3.37. The molecular weight excluding hydrogens is 220 g/mol. The second-order valence-electron chi connectivity index (χ2n) is 3.53. The lowest BCUT2D eigenvalue weighted by Crippen LogP contribution is -1.90. The predicted octanol–water partition coefficient (Wildman–Crippen LogP) is 3.83. The first-order valence-corrected chi connectivity index (χ1v) is 5.49. The fourth-order valence-corrected chi connectivity index (χ4v) is 1.71. The molecule has 1 nitrogen and oxygen atoms in total. The molecule has 2 heteroatoms. The molecule has 0 saturated heterocycles. The van der Waals surface area contributed by atoms with E-state index in [2.05, 4.69) is 0 Å². The molecule has 0 aromatic heterocycles. The van der Waals surface area contributed by atoms with E-state index in [1.807, 2.05) is 54.6 Å². The summed E-state index contributed by atoms with van der Waals surface area (Å²) in [4.78, 5) is 10.5. The lowest BCUT2D eigenvalue weighted by atomic mass is 10.0. The molecule has 2 aromatic rings. The summed E-state index contributed by atoms with van der Waals surface area (Å²) in [5, 5.41) is -0.551. The van der Waals surface area contributed by atoms with E-state index < -0.39 is 5.38 Å². The molecule has 0 saturated carbocycles. The van der Waals surface area contributed by atoms with Crippen molar-refractivity contribution in [2.75, 3.05) is 0 Å². The van der Waals surface area contributed by atoms with Gasteiger partial charge in [-0.2, -0.15) is 0 Å². The van der Waals surface area contributed by atoms with Gasteiger partial charge in [-0.1, -0.05) is 54.6 Å². The average Bonchev–Trinajstić information content (AvgIpc) is 2.39. The normalized spacial score (nSPS) is 12.1. The van der Waals surface area contributed by atoms with Gasteiger partial charge < -0.3 is 4.79 Å². The summed E-state index contributed by atoms with van der Waals surface area (Å²) in [5.41, 5.74) is 3.11. The van der Waals surface area contributed by atoms with E-state index in [-0.39, 0.29) is 0 Å². The van der Waals surface area contributed by atoms with Crippen LogP contribution in [0, 0.1) is 0 Å². The second-order valence-corrected chi connectivity index (χ2v) is 4.00. The van der Waals surface area contributed by atoms with Gasteiger partial charge in [0.25, 0.3) is 0 Å². The van der Waals surface area contributed by atoms with Crippen molar-refractivity contribution in [3.8, 4) is 11.1 Å². The molecule has 0 aliphatic carbocycles. The maximum Gasteiger partial charge on any atom is 0.142 e. The number of carbonyl (C=O) groups is 1. The topological polar surface area (TPSA) is 17.1 Å². The molecule has 0 heterocycles. The van der Waals surface area contributed by atoms with Crippen LogP contribution in [0.2, 0.25) is 0 Å². The third-order valence-corrected chi connectivity index (χ3v) is 2.81. The van der Waals surface area contributed by atoms with Gasteiger partial charge in [-0.25, -0.2) is 0 Å². The van der Waals surface area contributed by atoms with Crippen molar-refractivity contribution in [2.24, 2.45) is 0 Å². The van der Waals surface area contributed by atoms with Crippen molar-refractivity contribution >= 4 is 17.9 Å². The van der Waals surface area contributed by atoms with Crippen LogP contribution in [-0.2, 0) is 4.79 Å². The SMILES string of the molecule is O=CC(Cl)c1ccc(-c2ccccc2)cc1. The summed E-state index contributed by atoms with van der Waals surface area (Å²) in [7, 11) is 0. The lowest BCUT2D eigenvalue weighted by Gasteiger charge is -2.04. The molecule has 1 atom stereocenters. The smallest absolute Gasteiger partial charge is 0.142 e. The van der Waals surface area contributed by atoms with Crippen LogP contribution in [0.3, 0.4) is 0 Å². The number of halogens is 1. The summed E-state index contributed by atoms with van der Waals surface area (Å²) < 4.78 is 0. The molecule has 16 heavy (non-hydrogen) atoms. The molecule has 0 N–H and O–H groups in total. The van der Waals surface area contributed by atoms with Crippen LogP contribution in [0.15, 0.2) is 54.6 Å². The molecule has 0 amide bonds. The van der Waals surface area contributed by atoms with Crippen LogP contribution in [0.4, 0.5) is 0 Å². The average molecular weight is 231 g/mol. The van der Waals surface area contributed by atoms with E-state index >= 15 is 0 Å². The van der Waals surface area contributed by atoms with Crippen LogP contribution in [0.1, 0.15) is 10.9 Å². The number of aldehydes is 1. The van der Waals surface area contributed by atoms with Gasteiger partial charge in [0.1, 0.15) is 11.7 Å². The van der Waals surface area contributed by atoms with Crippen LogP contribution in [-0.4, -0.2) is 6.29 Å². The molecule has 0 bridgehead atoms. The third kappa shape index (κ3) is 2.31. The maximum absolute atomic E-state index is 10.5. The Morgan fingerprint density at radius 2 is 1.44 bits per heavy atom. The van der Waals surface area contributed by atoms with Gasteiger partial charge in [-0.3, -0.25) is 0 Å². The number of benzene rings is 2. The molecular formula is C14H11ClO. The fraction of sp³-hybridized carbons (Fsp3) is 0.0714. The van der Waals surface area contributed by atoms with Gasteiger partial charge in [0, 0.05) is 0 Å². The zero-order chi connectivity index (χ0) is 11.4. The van der Waals surface area contributed by atoms with Crippen LogP contribution >= 0.6 is 11.6 Å². The first kappa shape index (κ1) is 10.9. The van der Waals surface area contributed by atoms with E-state index in [0.717, 1.165) is 23.0 Å². The minimum Gasteiger partial charge on any atom is -0.301 e. The Balaban J connectivity index is 2.30. The number of alkyl halides is 1. The number of rotatable bonds is 3. The van der Waals surface area contributed by atoms with Crippen molar-refractivity contribution < 1.29 is 4.79 Å². The summed E-state index contributed by atoms with van der Waals surface area (Å²) in [6, 6.07) is 17.8. The highest BCUT2D eigenvalue weighted by atomic mass is 35.5. The first-order chi connectivity index (χ1) is 7.81. The zero-order valence-electron chi connectivity index (χ0n) is 8.64. The molecule has 0 radical (unpaired) electrons. The van der Waals surface area contributed by atoms with Gasteiger partial charge in [0.15, 0.2) is 0 Å². The van der Waals surface area contributed by atoms with Crippen molar-refractivity contribution in [3.63, 3.8) is 0 Å². The summed E-state index contributed by atoms with van der Waals surface area (Å²) >= 11 is 5.82. The molecule has 1 unspecified atom stereocenters. The largest absolute Gasteiger partial charge is 0.301 e. The van der Waals surface area contributed by atoms with Gasteiger partial charge >= 0.3 is 0 Å². The van der Waals surface area contributed by atoms with E-state index in [0.29, 0.717) is 0 Å². The van der Waals surface area contributed by atoms with Crippen molar-refractivity contribution in [1.29, 1.82) is 0 Å². The van der Waals surface area contributed by atoms with Crippen molar-refractivity contribution in [1.82, 2.24) is 0 Å². The molecule has 0 aliphatic rings. The molecule has 0 spiro atoms. The second kappa shape index (κ2) is 4.95. The van der Waals surface area contributed by atoms with E-state index in [4.69, 9.17) is 11.6 Å². The minimum absolute atomic E-state index is 0.551. The van der Waals surface area contributed by atoms with Crippen LogP contribution < -0.4 is 0 Å². The van der Waals surface area contributed by atoms with E-state index in [9.17, 15) is 4.79 Å². The quantitative estimate of drug-likeness (QED) is 0.579. The Morgan fingerprint density at radius 1 is 0.875 bits per heavy atom. The summed E-state index contributed by atoms with van der Waals surface area (Å²) in [6.45, 7) is 0. The fourth-order valence-electron chi connectivity index (χ4n) is 1.57. The van der Waals surface area contributed by atoms with Crippen molar-refractivity contribution in [3.05, 3.63) is 60.2 Å². The molecule has 2 rings (SSSR count). The minimum atomic E-state index is -0.551. The van der Waals surface area contributed by atoms with Crippen LogP contribution in [0.5, 0.6) is 0 Å². The molecule has 80 valence electrons. The Labute approximate surface area is 99.7 Å². The molecule has 0 aliphatic heterocycles. The summed E-state index contributed by atoms with van der Waals surface area (Å²) in [5.74, 6) is 0. The first-order valence-electron chi connectivity index (χ1n) is 5.06. The Bertz CT molecular complexity index is 462. The lowest BCUT2D eigenvalue weighted by molar-refractivity contribution is -0.107. The van der Waals surface area contributed by atoms with Crippen molar-refractivity contribution in [2.45, 2.75) is 5.38 Å². The predicted molar refractivity (Wildman–Crippen MR) is 66.5 cm³/mol. The van der Waals surface area contributed by atoms with E-state index in [1.165, 1.54) is 0 Å². The summed E-state index contributed by atoms with van der Waals surface area (Å²) in [6.07, 6.45) is 0.735. The number of carbonyl (C=O) groups excluding carboxylic acids is 1. The zero-order valence-corrected chi connectivity index (χ0v) is 9.39. The standard InChI is InChI=1S/C14H11ClO/c15-14(10-16)13-8-6-12(7-9-13)11-4-2-1-3-5-11/h1-10,14H. The van der Waals surface area contributed by atoms with E-state index in [1.54, 1.807) is 0 Å². The third-order valence-electron chi connectivity index (χ3n) is 2.46. The molecule has 2 aromatic carbocycles. The molecule has 0 fully saturated rings. The number of hydrogen-bond donors (Lipinski definition) is 0.